The number of phenols is 1. The lowest BCUT2D eigenvalue weighted by Gasteiger charge is -2.31. The molecule has 2 aliphatic heterocycles. The van der Waals surface area contributed by atoms with Gasteiger partial charge in [0.1, 0.15) is 42.6 Å². The van der Waals surface area contributed by atoms with Crippen molar-refractivity contribution in [3.63, 3.8) is 0 Å². The van der Waals surface area contributed by atoms with E-state index in [1.54, 1.807) is 74.6 Å². The van der Waals surface area contributed by atoms with Crippen LogP contribution in [0.25, 0.3) is 10.9 Å². The Bertz CT molecular complexity index is 3370. The monoisotopic (exact) mass is 1220 g/mol. The minimum atomic E-state index is -4.64. The van der Waals surface area contributed by atoms with E-state index in [4.69, 9.17) is 15.2 Å². The van der Waals surface area contributed by atoms with Crippen LogP contribution in [0.1, 0.15) is 85.8 Å². The topological polar surface area (TPSA) is 327 Å². The minimum absolute atomic E-state index is 0.0119. The average molecular weight is 1220 g/mol. The van der Waals surface area contributed by atoms with E-state index in [-0.39, 0.29) is 68.8 Å². The van der Waals surface area contributed by atoms with Gasteiger partial charge in [-0.1, -0.05) is 86.1 Å². The summed E-state index contributed by atoms with van der Waals surface area (Å²) < 4.78 is 51.7. The summed E-state index contributed by atoms with van der Waals surface area (Å²) in [5, 5.41) is 26.1. The first-order chi connectivity index (χ1) is 41.9. The number of benzene rings is 4. The molecule has 0 aliphatic carbocycles. The van der Waals surface area contributed by atoms with Gasteiger partial charge in [-0.15, -0.1) is 0 Å². The number of para-hydroxylation sites is 1. The molecule has 88 heavy (non-hydrogen) atoms. The van der Waals surface area contributed by atoms with E-state index in [2.05, 4.69) is 36.9 Å². The number of amides is 7. The molecule has 0 saturated carbocycles. The summed E-state index contributed by atoms with van der Waals surface area (Å²) in [7, 11) is 0. The maximum absolute atomic E-state index is 14.8. The average Bonchev–Trinajstić information content (AvgIpc) is 3.74. The molecular formula is C63H72F3N9O13. The van der Waals surface area contributed by atoms with Gasteiger partial charge >= 0.3 is 18.1 Å². The zero-order chi connectivity index (χ0) is 63.7. The molecule has 0 spiro atoms. The molecule has 7 amide bonds. The van der Waals surface area contributed by atoms with Crippen molar-refractivity contribution in [1.82, 2.24) is 41.8 Å². The lowest BCUT2D eigenvalue weighted by molar-refractivity contribution is -0.147. The number of phenolic OH excluding ortho intramolecular Hbond substituents is 1. The van der Waals surface area contributed by atoms with Crippen LogP contribution in [0, 0.1) is 18.8 Å². The van der Waals surface area contributed by atoms with Gasteiger partial charge in [-0.05, 0) is 104 Å². The van der Waals surface area contributed by atoms with Crippen molar-refractivity contribution in [3.05, 3.63) is 149 Å². The van der Waals surface area contributed by atoms with Gasteiger partial charge in [-0.3, -0.25) is 47.9 Å². The Morgan fingerprint density at radius 3 is 2.25 bits per heavy atom. The van der Waals surface area contributed by atoms with E-state index in [0.29, 0.717) is 22.3 Å². The number of halogens is 3. The van der Waals surface area contributed by atoms with Gasteiger partial charge in [-0.2, -0.15) is 13.2 Å². The van der Waals surface area contributed by atoms with Gasteiger partial charge in [0.2, 0.25) is 41.4 Å². The van der Waals surface area contributed by atoms with E-state index in [1.165, 1.54) is 25.1 Å². The molecule has 7 atom stereocenters. The summed E-state index contributed by atoms with van der Waals surface area (Å²) in [6, 6.07) is 16.7. The molecule has 3 heterocycles. The van der Waals surface area contributed by atoms with Crippen LogP contribution in [0.15, 0.2) is 116 Å². The molecule has 1 saturated heterocycles. The number of nitrogens with two attached hydrogens (primary N) is 1. The lowest BCUT2D eigenvalue weighted by atomic mass is 9.92. The van der Waals surface area contributed by atoms with Crippen LogP contribution in [0.4, 0.5) is 13.2 Å². The fourth-order valence-electron chi connectivity index (χ4n) is 10.4. The molecule has 4 aromatic carbocycles. The number of esters is 2. The molecule has 22 nitrogen and oxygen atoms in total. The van der Waals surface area contributed by atoms with E-state index in [0.717, 1.165) is 40.3 Å². The molecule has 1 fully saturated rings. The van der Waals surface area contributed by atoms with Gasteiger partial charge in [-0.25, -0.2) is 0 Å². The number of alkyl halides is 3. The SMILES string of the molecule is Cc1cc(CNC(=O)[C@H](Cc2c[nH]c3ccccc23)NC(=O)[C@H](CC(C)C)NC(=O)[C@@H]2CCCN2C(=O)C2CC(=O)OC=CCOC(=O)C[C@@H](NC(=O)[C@@H](N)Cc3ccc(O)cc3)C(=O)NCC(=O)C[C@@H](Cc3ccccc3)C(=O)N2)cc(C(F)(F)F)c1. The van der Waals surface area contributed by atoms with E-state index >= 15 is 0 Å². The number of fused-ring (bicyclic) bond motifs is 1. The number of carbonyl (C=O) groups is 10. The molecule has 0 radical (unpaired) electrons. The second-order valence-corrected chi connectivity index (χ2v) is 22.3. The summed E-state index contributed by atoms with van der Waals surface area (Å²) in [6.45, 7) is 3.54. The Morgan fingerprint density at radius 1 is 0.795 bits per heavy atom. The highest BCUT2D eigenvalue weighted by atomic mass is 19.4. The first-order valence-electron chi connectivity index (χ1n) is 28.8. The summed E-state index contributed by atoms with van der Waals surface area (Å²) in [6.07, 6.45) is -2.80. The highest BCUT2D eigenvalue weighted by Crippen LogP contribution is 2.31. The maximum Gasteiger partial charge on any atom is 0.416 e. The van der Waals surface area contributed by atoms with Crippen molar-refractivity contribution < 1.29 is 75.7 Å². The molecule has 25 heteroatoms. The van der Waals surface area contributed by atoms with Crippen LogP contribution in [0.5, 0.6) is 5.75 Å². The van der Waals surface area contributed by atoms with Crippen LogP contribution in [0.2, 0.25) is 0 Å². The van der Waals surface area contributed by atoms with E-state index in [1.807, 2.05) is 12.1 Å². The third-order valence-electron chi connectivity index (χ3n) is 14.8. The fourth-order valence-corrected chi connectivity index (χ4v) is 10.4. The largest absolute Gasteiger partial charge is 0.508 e. The molecule has 1 unspecified atom stereocenters. The summed E-state index contributed by atoms with van der Waals surface area (Å²) >= 11 is 0. The number of Topliss-reactive ketones (excluding diaryl/α,β-unsaturated/α-hetero) is 1. The van der Waals surface area contributed by atoms with Crippen LogP contribution >= 0.6 is 0 Å². The zero-order valence-corrected chi connectivity index (χ0v) is 48.8. The van der Waals surface area contributed by atoms with Crippen molar-refractivity contribution in [2.24, 2.45) is 17.6 Å². The molecule has 0 bridgehead atoms. The quantitative estimate of drug-likeness (QED) is 0.0562. The predicted octanol–water partition coefficient (Wildman–Crippen LogP) is 3.93. The number of cyclic esters (lactones) is 2. The van der Waals surface area contributed by atoms with Crippen LogP contribution < -0.4 is 37.6 Å². The van der Waals surface area contributed by atoms with Crippen molar-refractivity contribution in [1.29, 1.82) is 0 Å². The van der Waals surface area contributed by atoms with Crippen molar-refractivity contribution >= 4 is 70.0 Å². The third-order valence-corrected chi connectivity index (χ3v) is 14.8. The van der Waals surface area contributed by atoms with Crippen LogP contribution in [-0.2, 0) is 89.4 Å². The van der Waals surface area contributed by atoms with Crippen molar-refractivity contribution in [2.75, 3.05) is 19.7 Å². The molecule has 468 valence electrons. The number of hydrogen-bond donors (Lipinski definition) is 9. The number of hydrogen-bond acceptors (Lipinski definition) is 14. The first-order valence-corrected chi connectivity index (χ1v) is 28.8. The molecule has 2 aliphatic rings. The molecule has 10 N–H and O–H groups in total. The number of H-pyrrole nitrogens is 1. The second kappa shape index (κ2) is 30.8. The zero-order valence-electron chi connectivity index (χ0n) is 48.8. The van der Waals surface area contributed by atoms with Crippen molar-refractivity contribution in [2.45, 2.75) is 128 Å². The number of rotatable bonds is 18. The number of aromatic nitrogens is 1. The van der Waals surface area contributed by atoms with Gasteiger partial charge in [0.05, 0.1) is 37.3 Å². The highest BCUT2D eigenvalue weighted by Gasteiger charge is 2.41. The lowest BCUT2D eigenvalue weighted by Crippen LogP contribution is -2.58. The number of aromatic hydroxyl groups is 1. The Hall–Kier alpha value is -9.39. The number of aromatic amines is 1. The van der Waals surface area contributed by atoms with Crippen LogP contribution in [-0.4, -0.2) is 130 Å². The Labute approximate surface area is 505 Å². The summed E-state index contributed by atoms with van der Waals surface area (Å²) in [4.78, 5) is 144. The van der Waals surface area contributed by atoms with Gasteiger partial charge in [0.15, 0.2) is 5.78 Å². The molecular weight excluding hydrogens is 1150 g/mol. The number of nitrogens with one attached hydrogen (secondary N) is 7. The van der Waals surface area contributed by atoms with Crippen molar-refractivity contribution in [3.8, 4) is 5.75 Å². The van der Waals surface area contributed by atoms with Gasteiger partial charge in [0, 0.05) is 48.9 Å². The van der Waals surface area contributed by atoms with Gasteiger partial charge < -0.3 is 62.1 Å². The number of nitrogens with zero attached hydrogens (tertiary/aromatic N) is 1. The maximum atomic E-state index is 14.8. The Kier molecular flexibility index (Phi) is 23.1. The highest BCUT2D eigenvalue weighted by molar-refractivity contribution is 5.99. The molecule has 1 aromatic heterocycles. The van der Waals surface area contributed by atoms with Gasteiger partial charge in [0.25, 0.3) is 0 Å². The fraction of sp³-hybridized carbons (Fsp3) is 0.397. The molecule has 5 aromatic rings. The first kappa shape index (κ1) is 66.1. The van der Waals surface area contributed by atoms with Crippen LogP contribution in [0.3, 0.4) is 0 Å². The van der Waals surface area contributed by atoms with E-state index in [9.17, 15) is 66.2 Å². The number of carbonyl (C=O) groups excluding carboxylic acids is 10. The Balaban J connectivity index is 1.08. The number of likely N-dealkylation sites (tertiary alicyclic amines) is 1. The minimum Gasteiger partial charge on any atom is -0.508 e. The second-order valence-electron chi connectivity index (χ2n) is 22.3. The smallest absolute Gasteiger partial charge is 0.416 e. The standard InChI is InChI=1S/C63H72F3N9O13/c1-36(2)23-49(60(84)72-50(30-42-34-68-48-14-8-7-13-46(42)48)58(82)69-33-40-24-37(3)25-43(27-40)63(64,65)66)73-61(85)53-15-9-20-75(53)62(86)52-32-55(79)88-22-10-21-87-54(78)31-51(71-57(81)47(67)28-39-16-18-44(76)19-17-39)59(83)70-35-45(77)29-41(56(80)74-52)26-38-11-5-4-6-12-38/h4-8,10-14,16-19,22,24-25,27,34,36,41,47,49-53,68,76H,9,15,20-21,23,26,28-33,35,67H2,1-3H3,(H,69,82)(H,70,83)(H,71,81)(H,72,84)(H,73,85)(H,74,80)/t41-,47+,49+,50+,51-,52?,53+/m1/s1. The predicted molar refractivity (Wildman–Crippen MR) is 313 cm³/mol. The number of ether oxygens (including phenoxy) is 2. The summed E-state index contributed by atoms with van der Waals surface area (Å²) in [5.74, 6) is -10.0. The number of aryl methyl sites for hydroxylation is 1. The molecule has 7 rings (SSSR count). The Morgan fingerprint density at radius 2 is 1.52 bits per heavy atom. The normalized spacial score (nSPS) is 19.4. The third kappa shape index (κ3) is 19.3. The summed E-state index contributed by atoms with van der Waals surface area (Å²) in [5.41, 5.74) is 8.28. The number of ketones is 1. The van der Waals surface area contributed by atoms with E-state index < -0.39 is 145 Å².